The van der Waals surface area contributed by atoms with Crippen LogP contribution in [-0.2, 0) is 50.7 Å². The number of H-pyrrole nitrogens is 1. The monoisotopic (exact) mass is 832 g/mol. The third-order valence-electron chi connectivity index (χ3n) is 13.6. The summed E-state index contributed by atoms with van der Waals surface area (Å²) >= 11 is 0. The van der Waals surface area contributed by atoms with Crippen molar-refractivity contribution < 1.29 is 29.0 Å². The molecule has 3 N–H and O–H groups in total. The Labute approximate surface area is 357 Å². The number of methoxy groups -OCH3 is 1. The van der Waals surface area contributed by atoms with E-state index < -0.39 is 19.8 Å². The van der Waals surface area contributed by atoms with Gasteiger partial charge < -0.3 is 34.7 Å². The predicted octanol–water partition coefficient (Wildman–Crippen LogP) is 7.46. The van der Waals surface area contributed by atoms with Crippen molar-refractivity contribution in [1.82, 2.24) is 9.88 Å². The van der Waals surface area contributed by atoms with Gasteiger partial charge in [0.25, 0.3) is 5.91 Å². The second-order valence-electron chi connectivity index (χ2n) is 17.4. The summed E-state index contributed by atoms with van der Waals surface area (Å²) in [5.41, 5.74) is 5.74. The highest BCUT2D eigenvalue weighted by Gasteiger charge is 2.66. The minimum absolute atomic E-state index is 0.0811. The van der Waals surface area contributed by atoms with Crippen LogP contribution in [0.5, 0.6) is 5.75 Å². The van der Waals surface area contributed by atoms with E-state index in [-0.39, 0.29) is 61.2 Å². The van der Waals surface area contributed by atoms with E-state index in [4.69, 9.17) is 9.47 Å². The van der Waals surface area contributed by atoms with Gasteiger partial charge in [0.1, 0.15) is 5.75 Å². The van der Waals surface area contributed by atoms with Crippen molar-refractivity contribution in [2.75, 3.05) is 23.9 Å². The van der Waals surface area contributed by atoms with Gasteiger partial charge in [0.15, 0.2) is 5.60 Å². The number of aromatic nitrogens is 1. The molecule has 5 aromatic carbocycles. The third-order valence-corrected chi connectivity index (χ3v) is 17.9. The minimum atomic E-state index is -2.52. The first-order valence-electron chi connectivity index (χ1n) is 21.2. The number of rotatable bonds is 11. The van der Waals surface area contributed by atoms with Gasteiger partial charge in [0.05, 0.1) is 59.0 Å². The molecule has 9 rings (SSSR count). The number of benzene rings is 5. The number of hydrogen-bond donors (Lipinski definition) is 3. The number of aliphatic hydroxyl groups excluding tert-OH is 1. The quantitative estimate of drug-likeness (QED) is 0.117. The molecule has 0 bridgehead atoms. The molecule has 1 saturated heterocycles. The molecule has 6 aromatic rings. The Balaban J connectivity index is 1.02. The Kier molecular flexibility index (Phi) is 10.7. The van der Waals surface area contributed by atoms with Gasteiger partial charge in [-0.05, 0) is 70.6 Å². The molecule has 1 spiro atoms. The third kappa shape index (κ3) is 7.14. The molecule has 61 heavy (non-hydrogen) atoms. The first kappa shape index (κ1) is 40.4. The number of para-hydroxylation sites is 2. The molecule has 312 valence electrons. The summed E-state index contributed by atoms with van der Waals surface area (Å²) < 4.78 is 12.8. The Bertz CT molecular complexity index is 2620. The van der Waals surface area contributed by atoms with Crippen molar-refractivity contribution in [2.45, 2.75) is 75.7 Å². The van der Waals surface area contributed by atoms with Gasteiger partial charge in [-0.2, -0.15) is 0 Å². The van der Waals surface area contributed by atoms with Crippen LogP contribution in [-0.4, -0.2) is 66.6 Å². The number of carbonyl (C=O) groups excluding carboxylic acids is 3. The Morgan fingerprint density at radius 1 is 0.934 bits per heavy atom. The molecule has 0 aliphatic carbocycles. The summed E-state index contributed by atoms with van der Waals surface area (Å²) in [6.45, 7) is 7.28. The van der Waals surface area contributed by atoms with Crippen LogP contribution < -0.4 is 20.1 Å². The molecule has 3 aliphatic heterocycles. The molecule has 5 atom stereocenters. The van der Waals surface area contributed by atoms with Crippen molar-refractivity contribution in [3.63, 3.8) is 0 Å². The summed E-state index contributed by atoms with van der Waals surface area (Å²) in [5.74, 6) is 0.0898. The summed E-state index contributed by atoms with van der Waals surface area (Å²) in [6, 6.07) is 39.4. The van der Waals surface area contributed by atoms with Crippen LogP contribution >= 0.6 is 0 Å². The molecule has 0 saturated carbocycles. The fourth-order valence-corrected chi connectivity index (χ4v) is 14.6. The smallest absolute Gasteiger partial charge is 0.264 e. The average Bonchev–Trinajstić information content (AvgIpc) is 3.89. The zero-order valence-corrected chi connectivity index (χ0v) is 36.1. The Hall–Kier alpha value is -6.01. The van der Waals surface area contributed by atoms with Crippen molar-refractivity contribution in [1.29, 1.82) is 0 Å². The summed E-state index contributed by atoms with van der Waals surface area (Å²) in [7, 11) is -0.869. The molecule has 1 aromatic heterocycles. The summed E-state index contributed by atoms with van der Waals surface area (Å²) in [4.78, 5) is 50.2. The highest BCUT2D eigenvalue weighted by molar-refractivity contribution is 6.91. The van der Waals surface area contributed by atoms with Gasteiger partial charge in [0, 0.05) is 40.8 Å². The maximum Gasteiger partial charge on any atom is 0.264 e. The van der Waals surface area contributed by atoms with Crippen LogP contribution in [0.1, 0.15) is 41.2 Å². The average molecular weight is 833 g/mol. The van der Waals surface area contributed by atoms with Gasteiger partial charge >= 0.3 is 0 Å². The maximum absolute atomic E-state index is 15.4. The van der Waals surface area contributed by atoms with Gasteiger partial charge in [-0.3, -0.25) is 14.4 Å². The Morgan fingerprint density at radius 2 is 1.67 bits per heavy atom. The largest absolute Gasteiger partial charge is 0.497 e. The summed E-state index contributed by atoms with van der Waals surface area (Å²) in [5, 5.41) is 15.8. The van der Waals surface area contributed by atoms with Crippen LogP contribution in [0.2, 0.25) is 18.6 Å². The topological polar surface area (TPSA) is 124 Å². The Morgan fingerprint density at radius 3 is 2.46 bits per heavy atom. The number of carbonyl (C=O) groups is 3. The fraction of sp³-hybridized carbons (Fsp3) is 0.300. The van der Waals surface area contributed by atoms with Crippen LogP contribution in [0.25, 0.3) is 10.9 Å². The summed E-state index contributed by atoms with van der Waals surface area (Å²) in [6.07, 6.45) is 2.18. The van der Waals surface area contributed by atoms with E-state index in [1.54, 1.807) is 7.11 Å². The first-order valence-corrected chi connectivity index (χ1v) is 24.2. The standard InChI is InChI=1S/C50H52N4O6Si/c1-32-48(61(3,4)40-22-20-39(59-2)21-23-40)45(27-47(57)53-30-35-14-6-5-13-34(35)25-38(53)31-55)60-50(32)42-17-8-10-19-44(42)54(49(50)58)29-33-12-11-15-37(24-33)52-46(56)26-36-28-51-43-18-9-7-16-41(36)43/h5-24,28,32,38,45,48,51,55H,25-27,29-31H2,1-4H3,(H,52,56)/t32-,38+,45+,48-,50+/m1/s1. The zero-order valence-electron chi connectivity index (χ0n) is 35.1. The van der Waals surface area contributed by atoms with Crippen molar-refractivity contribution in [3.05, 3.63) is 155 Å². The highest BCUT2D eigenvalue weighted by Crippen LogP contribution is 2.60. The zero-order chi connectivity index (χ0) is 42.5. The van der Waals surface area contributed by atoms with E-state index in [1.807, 2.05) is 119 Å². The number of hydrogen-bond acceptors (Lipinski definition) is 6. The number of aromatic amines is 1. The predicted molar refractivity (Wildman–Crippen MR) is 240 cm³/mol. The second kappa shape index (κ2) is 16.1. The molecule has 3 aliphatic rings. The van der Waals surface area contributed by atoms with Gasteiger partial charge in [0.2, 0.25) is 11.8 Å². The lowest BCUT2D eigenvalue weighted by Crippen LogP contribution is -2.52. The number of ether oxygens (including phenoxy) is 2. The lowest BCUT2D eigenvalue weighted by molar-refractivity contribution is -0.151. The molecule has 0 unspecified atom stereocenters. The van der Waals surface area contributed by atoms with Crippen molar-refractivity contribution in [3.8, 4) is 5.75 Å². The van der Waals surface area contributed by atoms with Crippen molar-refractivity contribution >= 4 is 53.3 Å². The van der Waals surface area contributed by atoms with E-state index in [0.29, 0.717) is 18.7 Å². The normalized spacial score (nSPS) is 22.1. The number of amides is 3. The molecular formula is C50H52N4O6Si. The molecular weight excluding hydrogens is 781 g/mol. The van der Waals surface area contributed by atoms with Crippen molar-refractivity contribution in [2.24, 2.45) is 5.92 Å². The van der Waals surface area contributed by atoms with Crippen LogP contribution in [0.3, 0.4) is 0 Å². The molecule has 0 radical (unpaired) electrons. The SMILES string of the molecule is COc1ccc([Si](C)(C)[C@H]2[C@H](CC(=O)N3Cc4ccccc4C[C@H]3CO)O[C@@]3(C(=O)N(Cc4cccc(NC(=O)Cc5c[nH]c6ccccc56)c4)c4ccccc43)[C@@H]2C)cc1. The fourth-order valence-electron chi connectivity index (χ4n) is 10.5. The molecule has 4 heterocycles. The maximum atomic E-state index is 15.4. The number of aliphatic hydroxyl groups is 1. The van der Waals surface area contributed by atoms with Crippen LogP contribution in [0.4, 0.5) is 11.4 Å². The molecule has 3 amide bonds. The van der Waals surface area contributed by atoms with Gasteiger partial charge in [-0.25, -0.2) is 0 Å². The molecule has 1 fully saturated rings. The van der Waals surface area contributed by atoms with Crippen LogP contribution in [0.15, 0.2) is 128 Å². The lowest BCUT2D eigenvalue weighted by atomic mass is 9.82. The number of fused-ring (bicyclic) bond motifs is 4. The second-order valence-corrected chi connectivity index (χ2v) is 22.1. The molecule has 10 nitrogen and oxygen atoms in total. The lowest BCUT2D eigenvalue weighted by Gasteiger charge is -2.39. The van der Waals surface area contributed by atoms with Crippen LogP contribution in [0, 0.1) is 5.92 Å². The van der Waals surface area contributed by atoms with E-state index in [0.717, 1.165) is 50.2 Å². The number of nitrogens with zero attached hydrogens (tertiary/aromatic N) is 2. The minimum Gasteiger partial charge on any atom is -0.497 e. The van der Waals surface area contributed by atoms with E-state index in [1.165, 1.54) is 5.19 Å². The van der Waals surface area contributed by atoms with Gasteiger partial charge in [-0.15, -0.1) is 0 Å². The van der Waals surface area contributed by atoms with E-state index in [2.05, 4.69) is 48.5 Å². The van der Waals surface area contributed by atoms with E-state index >= 15 is 4.79 Å². The molecule has 11 heteroatoms. The highest BCUT2D eigenvalue weighted by atomic mass is 28.3. The first-order chi connectivity index (χ1) is 29.5. The van der Waals surface area contributed by atoms with Gasteiger partial charge in [-0.1, -0.05) is 110 Å². The number of nitrogens with one attached hydrogen (secondary N) is 2. The van der Waals surface area contributed by atoms with E-state index in [9.17, 15) is 14.7 Å². The number of anilines is 2.